The Morgan fingerprint density at radius 1 is 0.920 bits per heavy atom. The maximum atomic E-state index is 5.91. The third kappa shape index (κ3) is 3.35. The first kappa shape index (κ1) is 15.7. The van der Waals surface area contributed by atoms with E-state index >= 15 is 0 Å². The molecule has 0 unspecified atom stereocenters. The highest BCUT2D eigenvalue weighted by Crippen LogP contribution is 2.24. The molecule has 0 atom stereocenters. The van der Waals surface area contributed by atoms with E-state index in [9.17, 15) is 0 Å². The maximum absolute atomic E-state index is 5.91. The van der Waals surface area contributed by atoms with Gasteiger partial charge in [-0.1, -0.05) is 41.9 Å². The minimum atomic E-state index is 0.499. The van der Waals surface area contributed by atoms with Gasteiger partial charge in [0.05, 0.1) is 6.54 Å². The Bertz CT molecular complexity index is 1010. The third-order valence-corrected chi connectivity index (χ3v) is 4.36. The maximum Gasteiger partial charge on any atom is 0.247 e. The van der Waals surface area contributed by atoms with Crippen LogP contribution in [-0.4, -0.2) is 17.2 Å². The van der Waals surface area contributed by atoms with E-state index < -0.39 is 0 Å². The summed E-state index contributed by atoms with van der Waals surface area (Å²) < 4.78 is 5.78. The molecule has 5 heteroatoms. The lowest BCUT2D eigenvalue weighted by Gasteiger charge is -2.17. The van der Waals surface area contributed by atoms with Gasteiger partial charge in [-0.05, 0) is 47.2 Å². The van der Waals surface area contributed by atoms with Gasteiger partial charge in [-0.3, -0.25) is 0 Å². The van der Waals surface area contributed by atoms with Gasteiger partial charge in [-0.2, -0.15) is 0 Å². The number of halogens is 1. The van der Waals surface area contributed by atoms with Crippen molar-refractivity contribution in [3.63, 3.8) is 0 Å². The average molecular weight is 350 g/mol. The standard InChI is InChI=1S/C20H16ClN3O/c1-24(18-11-8-14-4-2-3-5-16(14)12-18)13-19-22-23-20(25-19)15-6-9-17(21)10-7-15/h2-12H,13H2,1H3. The molecule has 25 heavy (non-hydrogen) atoms. The summed E-state index contributed by atoms with van der Waals surface area (Å²) in [5, 5.41) is 11.4. The Hall–Kier alpha value is -2.85. The predicted molar refractivity (Wildman–Crippen MR) is 101 cm³/mol. The van der Waals surface area contributed by atoms with Gasteiger partial charge in [0.1, 0.15) is 0 Å². The molecule has 0 spiro atoms. The lowest BCUT2D eigenvalue weighted by Crippen LogP contribution is -2.16. The van der Waals surface area contributed by atoms with Crippen molar-refractivity contribution in [2.24, 2.45) is 0 Å². The van der Waals surface area contributed by atoms with Crippen LogP contribution in [-0.2, 0) is 6.54 Å². The highest BCUT2D eigenvalue weighted by Gasteiger charge is 2.11. The molecule has 0 saturated carbocycles. The Labute approximate surface area is 150 Å². The predicted octanol–water partition coefficient (Wildman–Crippen LogP) is 5.18. The number of benzene rings is 3. The zero-order valence-electron chi connectivity index (χ0n) is 13.7. The van der Waals surface area contributed by atoms with Crippen LogP contribution in [0.5, 0.6) is 0 Å². The number of anilines is 1. The van der Waals surface area contributed by atoms with Crippen LogP contribution in [0, 0.1) is 0 Å². The quantitative estimate of drug-likeness (QED) is 0.509. The molecule has 0 bridgehead atoms. The molecule has 124 valence electrons. The minimum Gasteiger partial charge on any atom is -0.419 e. The minimum absolute atomic E-state index is 0.499. The number of nitrogens with zero attached hydrogens (tertiary/aromatic N) is 3. The van der Waals surface area contributed by atoms with E-state index in [2.05, 4.69) is 45.4 Å². The number of hydrogen-bond donors (Lipinski definition) is 0. The fraction of sp³-hybridized carbons (Fsp3) is 0.100. The van der Waals surface area contributed by atoms with Gasteiger partial charge in [-0.15, -0.1) is 10.2 Å². The highest BCUT2D eigenvalue weighted by atomic mass is 35.5. The van der Waals surface area contributed by atoms with Crippen LogP contribution in [0.25, 0.3) is 22.2 Å². The first-order valence-electron chi connectivity index (χ1n) is 7.97. The van der Waals surface area contributed by atoms with Gasteiger partial charge < -0.3 is 9.32 Å². The summed E-state index contributed by atoms with van der Waals surface area (Å²) in [5.74, 6) is 1.07. The smallest absolute Gasteiger partial charge is 0.247 e. The normalized spacial score (nSPS) is 11.0. The third-order valence-electron chi connectivity index (χ3n) is 4.10. The van der Waals surface area contributed by atoms with E-state index in [1.165, 1.54) is 10.8 Å². The number of rotatable bonds is 4. The van der Waals surface area contributed by atoms with Crippen molar-refractivity contribution in [3.8, 4) is 11.5 Å². The van der Waals surface area contributed by atoms with Gasteiger partial charge in [0.25, 0.3) is 0 Å². The molecule has 0 fully saturated rings. The number of aromatic nitrogens is 2. The van der Waals surface area contributed by atoms with Gasteiger partial charge in [-0.25, -0.2) is 0 Å². The summed E-state index contributed by atoms with van der Waals surface area (Å²) in [6.45, 7) is 0.541. The molecule has 4 nitrogen and oxygen atoms in total. The van der Waals surface area contributed by atoms with Crippen LogP contribution in [0.3, 0.4) is 0 Å². The second-order valence-corrected chi connectivity index (χ2v) is 6.33. The molecule has 0 amide bonds. The summed E-state index contributed by atoms with van der Waals surface area (Å²) in [4.78, 5) is 2.09. The van der Waals surface area contributed by atoms with Crippen LogP contribution in [0.15, 0.2) is 71.1 Å². The Balaban J connectivity index is 1.54. The van der Waals surface area contributed by atoms with Crippen molar-refractivity contribution >= 4 is 28.1 Å². The second-order valence-electron chi connectivity index (χ2n) is 5.90. The second kappa shape index (κ2) is 6.57. The fourth-order valence-electron chi connectivity index (χ4n) is 2.73. The van der Waals surface area contributed by atoms with Crippen molar-refractivity contribution in [1.29, 1.82) is 0 Å². The molecule has 0 N–H and O–H groups in total. The highest BCUT2D eigenvalue weighted by molar-refractivity contribution is 6.30. The number of fused-ring (bicyclic) bond motifs is 1. The molecule has 4 aromatic rings. The first-order valence-corrected chi connectivity index (χ1v) is 8.35. The molecular formula is C20H16ClN3O. The largest absolute Gasteiger partial charge is 0.419 e. The van der Waals surface area contributed by atoms with Gasteiger partial charge in [0, 0.05) is 23.3 Å². The van der Waals surface area contributed by atoms with Crippen molar-refractivity contribution in [3.05, 3.63) is 77.6 Å². The Morgan fingerprint density at radius 3 is 2.48 bits per heavy atom. The Morgan fingerprint density at radius 2 is 1.68 bits per heavy atom. The van der Waals surface area contributed by atoms with Gasteiger partial charge >= 0.3 is 0 Å². The van der Waals surface area contributed by atoms with Gasteiger partial charge in [0.2, 0.25) is 11.8 Å². The number of hydrogen-bond acceptors (Lipinski definition) is 4. The topological polar surface area (TPSA) is 42.2 Å². The van der Waals surface area contributed by atoms with E-state index in [0.717, 1.165) is 11.3 Å². The van der Waals surface area contributed by atoms with Gasteiger partial charge in [0.15, 0.2) is 0 Å². The zero-order valence-corrected chi connectivity index (χ0v) is 14.4. The van der Waals surface area contributed by atoms with Crippen molar-refractivity contribution in [2.75, 3.05) is 11.9 Å². The molecule has 1 aromatic heterocycles. The van der Waals surface area contributed by atoms with E-state index in [1.807, 2.05) is 43.4 Å². The fourth-order valence-corrected chi connectivity index (χ4v) is 2.86. The zero-order chi connectivity index (χ0) is 17.2. The summed E-state index contributed by atoms with van der Waals surface area (Å²) in [7, 11) is 2.01. The van der Waals surface area contributed by atoms with Crippen molar-refractivity contribution in [1.82, 2.24) is 10.2 Å². The molecular weight excluding hydrogens is 334 g/mol. The summed E-state index contributed by atoms with van der Waals surface area (Å²) in [6, 6.07) is 22.0. The first-order chi connectivity index (χ1) is 12.2. The average Bonchev–Trinajstić information content (AvgIpc) is 3.10. The van der Waals surface area contributed by atoms with Crippen molar-refractivity contribution in [2.45, 2.75) is 6.54 Å². The summed E-state index contributed by atoms with van der Waals surface area (Å²) in [5.41, 5.74) is 1.96. The van der Waals surface area contributed by atoms with Crippen LogP contribution in [0.1, 0.15) is 5.89 Å². The van der Waals surface area contributed by atoms with Crippen LogP contribution < -0.4 is 4.90 Å². The summed E-state index contributed by atoms with van der Waals surface area (Å²) >= 11 is 5.91. The SMILES string of the molecule is CN(Cc1nnc(-c2ccc(Cl)cc2)o1)c1ccc2ccccc2c1. The Kier molecular flexibility index (Phi) is 4.12. The van der Waals surface area contributed by atoms with Crippen molar-refractivity contribution < 1.29 is 4.42 Å². The van der Waals surface area contributed by atoms with Crippen LogP contribution in [0.2, 0.25) is 5.02 Å². The van der Waals surface area contributed by atoms with E-state index in [4.69, 9.17) is 16.0 Å². The van der Waals surface area contributed by atoms with E-state index in [-0.39, 0.29) is 0 Å². The van der Waals surface area contributed by atoms with Crippen LogP contribution >= 0.6 is 11.6 Å². The summed E-state index contributed by atoms with van der Waals surface area (Å²) in [6.07, 6.45) is 0. The lowest BCUT2D eigenvalue weighted by atomic mass is 10.1. The van der Waals surface area contributed by atoms with Crippen LogP contribution in [0.4, 0.5) is 5.69 Å². The molecule has 0 aliphatic rings. The molecule has 1 heterocycles. The molecule has 0 aliphatic heterocycles. The molecule has 4 rings (SSSR count). The molecule has 0 aliphatic carbocycles. The molecule has 3 aromatic carbocycles. The van der Waals surface area contributed by atoms with E-state index in [0.29, 0.717) is 23.3 Å². The molecule has 0 radical (unpaired) electrons. The van der Waals surface area contributed by atoms with E-state index in [1.54, 1.807) is 0 Å². The lowest BCUT2D eigenvalue weighted by molar-refractivity contribution is 0.503. The molecule has 0 saturated heterocycles. The monoisotopic (exact) mass is 349 g/mol.